The quantitative estimate of drug-likeness (QED) is 0.0415. The summed E-state index contributed by atoms with van der Waals surface area (Å²) < 4.78 is 43.2. The van der Waals surface area contributed by atoms with Gasteiger partial charge in [-0.2, -0.15) is 4.58 Å². The largest absolute Gasteiger partial charge is 0.748 e. The number of ether oxygens (including phenoxy) is 1. The molecule has 0 saturated heterocycles. The van der Waals surface area contributed by atoms with Gasteiger partial charge in [-0.15, -0.1) is 0 Å². The van der Waals surface area contributed by atoms with E-state index in [9.17, 15) is 13.0 Å². The van der Waals surface area contributed by atoms with Gasteiger partial charge in [-0.05, 0) is 116 Å². The first-order valence-electron chi connectivity index (χ1n) is 20.0. The van der Waals surface area contributed by atoms with E-state index in [0.29, 0.717) is 25.9 Å². The number of isothiocyanates is 1. The van der Waals surface area contributed by atoms with Crippen LogP contribution in [0.5, 0.6) is 5.75 Å². The second kappa shape index (κ2) is 16.9. The van der Waals surface area contributed by atoms with Crippen molar-refractivity contribution < 1.29 is 22.3 Å². The number of hydrogen-bond acceptors (Lipinski definition) is 7. The molecular weight excluding hydrogens is 747 g/mol. The summed E-state index contributed by atoms with van der Waals surface area (Å²) in [6.45, 7) is 11.2. The average Bonchev–Trinajstić information content (AvgIpc) is 3.55. The van der Waals surface area contributed by atoms with Crippen LogP contribution in [0.2, 0.25) is 0 Å². The number of rotatable bonds is 14. The van der Waals surface area contributed by atoms with Crippen LogP contribution in [0.4, 0.5) is 11.4 Å². The molecule has 294 valence electrons. The summed E-state index contributed by atoms with van der Waals surface area (Å²) in [4.78, 5) is 6.67. The molecule has 7 rings (SSSR count). The molecule has 0 amide bonds. The Bertz CT molecular complexity index is 2490. The van der Waals surface area contributed by atoms with Gasteiger partial charge < -0.3 is 14.2 Å². The minimum Gasteiger partial charge on any atom is -0.748 e. The summed E-state index contributed by atoms with van der Waals surface area (Å²) in [5.74, 6) is 1.31. The normalized spacial score (nSPS) is 18.8. The van der Waals surface area contributed by atoms with E-state index in [4.69, 9.17) is 17.0 Å². The van der Waals surface area contributed by atoms with E-state index in [1.807, 2.05) is 36.4 Å². The Morgan fingerprint density at radius 3 is 2.42 bits per heavy atom. The SMILES string of the molecule is CC1(C)C(C=CC2=C(Oc3ccccc3)C(=CC=C3N(CCCN=C=S)c4ccc5ccccc5c4C3(C)C)CCC2)=[N+](CCCCS(=O)(=O)[O-])c2ccccc21. The van der Waals surface area contributed by atoms with Crippen molar-refractivity contribution in [3.63, 3.8) is 0 Å². The van der Waals surface area contributed by atoms with Crippen molar-refractivity contribution in [2.45, 2.75) is 77.0 Å². The minimum absolute atomic E-state index is 0.261. The second-order valence-electron chi connectivity index (χ2n) is 16.1. The Balaban J connectivity index is 1.30. The standard InChI is InChI=1S/C48H51N3O4S2/c1-47(2)40-22-10-11-23-41(40)50(31-12-13-33-57(52,53)54)43(47)28-25-36-17-14-18-37(46(36)55-38-19-6-5-7-20-38)26-29-44-48(3,4)45-39-21-9-8-16-35(39)24-27-42(45)51(44)32-15-30-49-34-56/h5-11,16,19-29H,12-15,17-18,30-33H2,1-4H3. The third-order valence-electron chi connectivity index (χ3n) is 11.6. The molecule has 4 aromatic carbocycles. The number of aliphatic imine (C=N–C) groups is 1. The lowest BCUT2D eigenvalue weighted by Crippen LogP contribution is -2.28. The van der Waals surface area contributed by atoms with E-state index in [1.54, 1.807) is 0 Å². The maximum absolute atomic E-state index is 11.4. The van der Waals surface area contributed by atoms with Gasteiger partial charge in [0.1, 0.15) is 18.1 Å². The summed E-state index contributed by atoms with van der Waals surface area (Å²) in [6, 6.07) is 31.5. The zero-order valence-corrected chi connectivity index (χ0v) is 35.0. The van der Waals surface area contributed by atoms with Gasteiger partial charge in [0.2, 0.25) is 5.69 Å². The van der Waals surface area contributed by atoms with Crippen molar-refractivity contribution in [1.82, 2.24) is 0 Å². The molecule has 0 saturated carbocycles. The van der Waals surface area contributed by atoms with Crippen molar-refractivity contribution in [3.05, 3.63) is 149 Å². The first-order valence-corrected chi connectivity index (χ1v) is 22.0. The predicted octanol–water partition coefficient (Wildman–Crippen LogP) is 10.7. The monoisotopic (exact) mass is 797 g/mol. The number of para-hydroxylation sites is 2. The number of nitrogens with zero attached hydrogens (tertiary/aromatic N) is 3. The second-order valence-corrected chi connectivity index (χ2v) is 17.8. The molecule has 3 aliphatic rings. The van der Waals surface area contributed by atoms with Crippen LogP contribution in [0, 0.1) is 0 Å². The molecule has 0 spiro atoms. The fourth-order valence-corrected chi connectivity index (χ4v) is 9.53. The van der Waals surface area contributed by atoms with Gasteiger partial charge in [0.15, 0.2) is 5.71 Å². The van der Waals surface area contributed by atoms with Gasteiger partial charge >= 0.3 is 0 Å². The number of fused-ring (bicyclic) bond motifs is 4. The number of unbranched alkanes of at least 4 members (excludes halogenated alkanes) is 1. The third kappa shape index (κ3) is 8.53. The van der Waals surface area contributed by atoms with Crippen LogP contribution >= 0.6 is 12.2 Å². The molecule has 0 aromatic heterocycles. The van der Waals surface area contributed by atoms with E-state index in [1.165, 1.54) is 33.3 Å². The maximum atomic E-state index is 11.4. The number of anilines is 1. The molecule has 4 aromatic rings. The van der Waals surface area contributed by atoms with E-state index < -0.39 is 10.1 Å². The van der Waals surface area contributed by atoms with E-state index in [-0.39, 0.29) is 16.6 Å². The van der Waals surface area contributed by atoms with Crippen molar-refractivity contribution >= 4 is 55.4 Å². The molecule has 1 aliphatic carbocycles. The van der Waals surface area contributed by atoms with Gasteiger partial charge in [0, 0.05) is 53.2 Å². The summed E-state index contributed by atoms with van der Waals surface area (Å²) >= 11 is 4.87. The Hall–Kier alpha value is -4.92. The zero-order valence-electron chi connectivity index (χ0n) is 33.3. The topological polar surface area (TPSA) is 85.0 Å². The molecule has 2 aliphatic heterocycles. The first-order chi connectivity index (χ1) is 27.4. The molecule has 7 nitrogen and oxygen atoms in total. The van der Waals surface area contributed by atoms with Crippen LogP contribution in [-0.4, -0.2) is 53.8 Å². The Labute approximate surface area is 343 Å². The summed E-state index contributed by atoms with van der Waals surface area (Å²) in [7, 11) is -4.26. The molecule has 2 heterocycles. The number of allylic oxidation sites excluding steroid dienone is 7. The van der Waals surface area contributed by atoms with Crippen LogP contribution in [0.1, 0.15) is 77.3 Å². The lowest BCUT2D eigenvalue weighted by molar-refractivity contribution is -0.438. The van der Waals surface area contributed by atoms with Crippen molar-refractivity contribution in [1.29, 1.82) is 0 Å². The fraction of sp³-hybridized carbons (Fsp3) is 0.333. The first kappa shape index (κ1) is 40.3. The Morgan fingerprint density at radius 1 is 0.877 bits per heavy atom. The summed E-state index contributed by atoms with van der Waals surface area (Å²) in [5.41, 5.74) is 8.99. The lowest BCUT2D eigenvalue weighted by Gasteiger charge is -2.27. The van der Waals surface area contributed by atoms with E-state index in [0.717, 1.165) is 66.3 Å². The molecule has 0 unspecified atom stereocenters. The third-order valence-corrected chi connectivity index (χ3v) is 12.5. The van der Waals surface area contributed by atoms with Crippen molar-refractivity contribution in [2.24, 2.45) is 4.99 Å². The van der Waals surface area contributed by atoms with Crippen LogP contribution in [0.25, 0.3) is 10.8 Å². The highest BCUT2D eigenvalue weighted by Gasteiger charge is 2.44. The minimum atomic E-state index is -4.26. The highest BCUT2D eigenvalue weighted by atomic mass is 32.2. The van der Waals surface area contributed by atoms with Crippen LogP contribution in [0.3, 0.4) is 0 Å². The molecule has 0 bridgehead atoms. The predicted molar refractivity (Wildman–Crippen MR) is 235 cm³/mol. The summed E-state index contributed by atoms with van der Waals surface area (Å²) in [6.07, 6.45) is 13.5. The molecular formula is C48H51N3O4S2. The van der Waals surface area contributed by atoms with Crippen LogP contribution < -0.4 is 9.64 Å². The Kier molecular flexibility index (Phi) is 11.9. The van der Waals surface area contributed by atoms with Crippen molar-refractivity contribution in [2.75, 3.05) is 30.3 Å². The van der Waals surface area contributed by atoms with Crippen LogP contribution in [-0.2, 0) is 20.9 Å². The summed E-state index contributed by atoms with van der Waals surface area (Å²) in [5, 5.41) is 5.03. The van der Waals surface area contributed by atoms with Gasteiger partial charge in [-0.1, -0.05) is 86.7 Å². The molecule has 9 heteroatoms. The average molecular weight is 798 g/mol. The molecule has 0 N–H and O–H groups in total. The number of benzene rings is 4. The van der Waals surface area contributed by atoms with Crippen molar-refractivity contribution in [3.8, 4) is 5.75 Å². The number of thiocarbonyl (C=S) groups is 1. The van der Waals surface area contributed by atoms with E-state index in [2.05, 4.69) is 126 Å². The zero-order chi connectivity index (χ0) is 40.2. The molecule has 0 radical (unpaired) electrons. The van der Waals surface area contributed by atoms with Gasteiger partial charge in [-0.3, -0.25) is 0 Å². The fourth-order valence-electron chi connectivity index (χ4n) is 8.88. The lowest BCUT2D eigenvalue weighted by atomic mass is 9.80. The Morgan fingerprint density at radius 2 is 1.63 bits per heavy atom. The smallest absolute Gasteiger partial charge is 0.209 e. The highest BCUT2D eigenvalue weighted by Crippen LogP contribution is 2.51. The van der Waals surface area contributed by atoms with Gasteiger partial charge in [0.05, 0.1) is 27.2 Å². The van der Waals surface area contributed by atoms with Gasteiger partial charge in [0.25, 0.3) is 0 Å². The molecule has 0 atom stereocenters. The van der Waals surface area contributed by atoms with E-state index >= 15 is 0 Å². The molecule has 0 fully saturated rings. The van der Waals surface area contributed by atoms with Crippen LogP contribution in [0.15, 0.2) is 143 Å². The maximum Gasteiger partial charge on any atom is 0.209 e. The van der Waals surface area contributed by atoms with Gasteiger partial charge in [-0.25, -0.2) is 13.4 Å². The highest BCUT2D eigenvalue weighted by molar-refractivity contribution is 7.85. The molecule has 57 heavy (non-hydrogen) atoms. The number of hydrogen-bond donors (Lipinski definition) is 0.